The zero-order chi connectivity index (χ0) is 13.3. The Bertz CT molecular complexity index is 449. The van der Waals surface area contributed by atoms with Crippen LogP contribution >= 0.6 is 0 Å². The second-order valence-electron chi connectivity index (χ2n) is 6.48. The lowest BCUT2D eigenvalue weighted by atomic mass is 9.73. The van der Waals surface area contributed by atoms with Gasteiger partial charge in [-0.2, -0.15) is 0 Å². The molecule has 0 spiro atoms. The maximum atomic E-state index is 5.93. The summed E-state index contributed by atoms with van der Waals surface area (Å²) in [6.07, 6.45) is 7.46. The van der Waals surface area contributed by atoms with Gasteiger partial charge in [0.05, 0.1) is 13.2 Å². The van der Waals surface area contributed by atoms with Crippen LogP contribution < -0.4 is 5.73 Å². The number of fused-ring (bicyclic) bond motifs is 1. The van der Waals surface area contributed by atoms with Crippen molar-refractivity contribution in [2.45, 2.75) is 56.9 Å². The molecule has 1 aliphatic carbocycles. The van der Waals surface area contributed by atoms with Gasteiger partial charge in [-0.25, -0.2) is 0 Å². The average Bonchev–Trinajstić information content (AvgIpc) is 2.37. The molecule has 2 heteroatoms. The van der Waals surface area contributed by atoms with Gasteiger partial charge < -0.3 is 10.5 Å². The smallest absolute Gasteiger partial charge is 0.0585 e. The summed E-state index contributed by atoms with van der Waals surface area (Å²) < 4.78 is 5.53. The Morgan fingerprint density at radius 3 is 2.58 bits per heavy atom. The highest BCUT2D eigenvalue weighted by molar-refractivity contribution is 5.38. The van der Waals surface area contributed by atoms with Crippen molar-refractivity contribution in [3.8, 4) is 0 Å². The second kappa shape index (κ2) is 5.26. The molecule has 1 atom stereocenters. The molecule has 0 saturated carbocycles. The molecule has 2 aliphatic rings. The van der Waals surface area contributed by atoms with E-state index in [9.17, 15) is 0 Å². The van der Waals surface area contributed by atoms with E-state index in [4.69, 9.17) is 10.5 Å². The van der Waals surface area contributed by atoms with Crippen molar-refractivity contribution in [3.05, 3.63) is 34.9 Å². The summed E-state index contributed by atoms with van der Waals surface area (Å²) in [6.45, 7) is 3.84. The molecule has 1 aromatic rings. The Hall–Kier alpha value is -0.860. The Morgan fingerprint density at radius 2 is 1.95 bits per heavy atom. The molecule has 0 radical (unpaired) electrons. The fourth-order valence-corrected chi connectivity index (χ4v) is 3.37. The quantitative estimate of drug-likeness (QED) is 0.902. The van der Waals surface area contributed by atoms with Crippen molar-refractivity contribution < 1.29 is 4.74 Å². The summed E-state index contributed by atoms with van der Waals surface area (Å²) in [7, 11) is 0. The van der Waals surface area contributed by atoms with Gasteiger partial charge in [0.2, 0.25) is 0 Å². The standard InChI is InChI=1S/C17H25NO/c1-13(18)8-9-17(11-19-12-17)16-7-6-14-4-2-3-5-15(14)10-16/h6-7,10,13H,2-5,8-9,11-12,18H2,1H3. The summed E-state index contributed by atoms with van der Waals surface area (Å²) in [5, 5.41) is 0. The van der Waals surface area contributed by atoms with E-state index in [0.29, 0.717) is 0 Å². The van der Waals surface area contributed by atoms with E-state index in [1.807, 2.05) is 0 Å². The summed E-state index contributed by atoms with van der Waals surface area (Å²) in [5.41, 5.74) is 10.8. The Labute approximate surface area is 116 Å². The molecule has 2 nitrogen and oxygen atoms in total. The van der Waals surface area contributed by atoms with Crippen LogP contribution in [0, 0.1) is 0 Å². The van der Waals surface area contributed by atoms with Crippen molar-refractivity contribution in [2.75, 3.05) is 13.2 Å². The minimum absolute atomic E-state index is 0.250. The zero-order valence-electron chi connectivity index (χ0n) is 12.0. The van der Waals surface area contributed by atoms with Crippen molar-refractivity contribution in [1.29, 1.82) is 0 Å². The molecule has 2 N–H and O–H groups in total. The van der Waals surface area contributed by atoms with Crippen LogP contribution in [0.2, 0.25) is 0 Å². The van der Waals surface area contributed by atoms with Gasteiger partial charge in [-0.05, 0) is 62.1 Å². The molecule has 1 aliphatic heterocycles. The van der Waals surface area contributed by atoms with E-state index in [2.05, 4.69) is 25.1 Å². The first-order valence-corrected chi connectivity index (χ1v) is 7.65. The van der Waals surface area contributed by atoms with E-state index in [-0.39, 0.29) is 11.5 Å². The number of hydrogen-bond acceptors (Lipinski definition) is 2. The maximum Gasteiger partial charge on any atom is 0.0585 e. The Kier molecular flexibility index (Phi) is 3.64. The van der Waals surface area contributed by atoms with Gasteiger partial charge >= 0.3 is 0 Å². The molecular formula is C17H25NO. The van der Waals surface area contributed by atoms with Crippen LogP contribution in [0.4, 0.5) is 0 Å². The molecule has 0 bridgehead atoms. The van der Waals surface area contributed by atoms with Crippen LogP contribution in [0.25, 0.3) is 0 Å². The van der Waals surface area contributed by atoms with Gasteiger partial charge in [-0.15, -0.1) is 0 Å². The minimum atomic E-state index is 0.250. The summed E-state index contributed by atoms with van der Waals surface area (Å²) in [6, 6.07) is 7.44. The van der Waals surface area contributed by atoms with Crippen molar-refractivity contribution in [1.82, 2.24) is 0 Å². The first-order valence-electron chi connectivity index (χ1n) is 7.65. The van der Waals surface area contributed by atoms with Crippen LogP contribution in [0.5, 0.6) is 0 Å². The summed E-state index contributed by atoms with van der Waals surface area (Å²) >= 11 is 0. The van der Waals surface area contributed by atoms with Crippen molar-refractivity contribution in [3.63, 3.8) is 0 Å². The fraction of sp³-hybridized carbons (Fsp3) is 0.647. The van der Waals surface area contributed by atoms with Crippen LogP contribution in [0.15, 0.2) is 18.2 Å². The van der Waals surface area contributed by atoms with E-state index < -0.39 is 0 Å². The van der Waals surface area contributed by atoms with Crippen LogP contribution in [0.1, 0.15) is 49.3 Å². The number of nitrogens with two attached hydrogens (primary N) is 1. The molecule has 0 aromatic heterocycles. The molecule has 1 aromatic carbocycles. The lowest BCUT2D eigenvalue weighted by Crippen LogP contribution is -2.47. The predicted molar refractivity (Wildman–Crippen MR) is 78.5 cm³/mol. The van der Waals surface area contributed by atoms with Gasteiger partial charge in [0.25, 0.3) is 0 Å². The molecule has 1 saturated heterocycles. The molecule has 1 heterocycles. The van der Waals surface area contributed by atoms with Crippen molar-refractivity contribution >= 4 is 0 Å². The third-order valence-electron chi connectivity index (χ3n) is 4.80. The number of aryl methyl sites for hydroxylation is 2. The number of hydrogen-bond donors (Lipinski definition) is 1. The normalized spacial score (nSPS) is 22.4. The number of rotatable bonds is 4. The van der Waals surface area contributed by atoms with E-state index in [0.717, 1.165) is 26.1 Å². The van der Waals surface area contributed by atoms with Crippen molar-refractivity contribution in [2.24, 2.45) is 5.73 Å². The highest BCUT2D eigenvalue weighted by atomic mass is 16.5. The van der Waals surface area contributed by atoms with Crippen LogP contribution in [0.3, 0.4) is 0 Å². The first-order chi connectivity index (χ1) is 9.20. The first kappa shape index (κ1) is 13.1. The number of benzene rings is 1. The topological polar surface area (TPSA) is 35.2 Å². The average molecular weight is 259 g/mol. The largest absolute Gasteiger partial charge is 0.379 e. The number of ether oxygens (including phenoxy) is 1. The fourth-order valence-electron chi connectivity index (χ4n) is 3.37. The molecule has 1 unspecified atom stereocenters. The molecule has 3 rings (SSSR count). The predicted octanol–water partition coefficient (Wildman–Crippen LogP) is 2.96. The van der Waals surface area contributed by atoms with E-state index in [1.165, 1.54) is 31.2 Å². The minimum Gasteiger partial charge on any atom is -0.379 e. The highest BCUT2D eigenvalue weighted by Gasteiger charge is 2.40. The van der Waals surface area contributed by atoms with Gasteiger partial charge in [0, 0.05) is 11.5 Å². The monoisotopic (exact) mass is 259 g/mol. The summed E-state index contributed by atoms with van der Waals surface area (Å²) in [5.74, 6) is 0. The van der Waals surface area contributed by atoms with Gasteiger partial charge in [0.1, 0.15) is 0 Å². The molecular weight excluding hydrogens is 234 g/mol. The molecule has 1 fully saturated rings. The Morgan fingerprint density at radius 1 is 1.21 bits per heavy atom. The third kappa shape index (κ3) is 2.56. The van der Waals surface area contributed by atoms with E-state index >= 15 is 0 Å². The molecule has 19 heavy (non-hydrogen) atoms. The second-order valence-corrected chi connectivity index (χ2v) is 6.48. The highest BCUT2D eigenvalue weighted by Crippen LogP contribution is 2.38. The van der Waals surface area contributed by atoms with Crippen LogP contribution in [-0.2, 0) is 23.0 Å². The zero-order valence-corrected chi connectivity index (χ0v) is 12.0. The lowest BCUT2D eigenvalue weighted by Gasteiger charge is -2.43. The lowest BCUT2D eigenvalue weighted by molar-refractivity contribution is -0.0657. The molecule has 104 valence electrons. The SMILES string of the molecule is CC(N)CCC1(c2ccc3c(c2)CCCC3)COC1. The van der Waals surface area contributed by atoms with Gasteiger partial charge in [0.15, 0.2) is 0 Å². The third-order valence-corrected chi connectivity index (χ3v) is 4.80. The Balaban J connectivity index is 1.83. The maximum absolute atomic E-state index is 5.93. The van der Waals surface area contributed by atoms with E-state index in [1.54, 1.807) is 11.1 Å². The van der Waals surface area contributed by atoms with Gasteiger partial charge in [-0.3, -0.25) is 0 Å². The summed E-state index contributed by atoms with van der Waals surface area (Å²) in [4.78, 5) is 0. The van der Waals surface area contributed by atoms with Gasteiger partial charge in [-0.1, -0.05) is 18.2 Å². The van der Waals surface area contributed by atoms with Crippen LogP contribution in [-0.4, -0.2) is 19.3 Å². The molecule has 0 amide bonds.